The van der Waals surface area contributed by atoms with Crippen LogP contribution in [-0.2, 0) is 0 Å². The summed E-state index contributed by atoms with van der Waals surface area (Å²) in [6, 6.07) is 8.73. The molecule has 2 nitrogen and oxygen atoms in total. The molecule has 2 rings (SSSR count). The van der Waals surface area contributed by atoms with E-state index in [0.717, 1.165) is 16.1 Å². The van der Waals surface area contributed by atoms with Crippen LogP contribution in [0.4, 0.5) is 8.78 Å². The summed E-state index contributed by atoms with van der Waals surface area (Å²) in [6.07, 6.45) is 0. The highest BCUT2D eigenvalue weighted by atomic mass is 79.9. The highest BCUT2D eigenvalue weighted by Crippen LogP contribution is 2.30. The monoisotopic (exact) mass is 341 g/mol. The summed E-state index contributed by atoms with van der Waals surface area (Å²) in [5.74, 6) is -0.477. The van der Waals surface area contributed by atoms with Crippen LogP contribution in [0, 0.1) is 11.6 Å². The lowest BCUT2D eigenvalue weighted by molar-refractivity contribution is 0.412. The average molecular weight is 342 g/mol. The number of methoxy groups -OCH3 is 1. The van der Waals surface area contributed by atoms with Crippen molar-refractivity contribution in [3.05, 3.63) is 63.6 Å². The molecule has 0 saturated carbocycles. The first-order valence-corrected chi connectivity index (χ1v) is 6.81. The van der Waals surface area contributed by atoms with Crippen LogP contribution >= 0.6 is 15.9 Å². The predicted octanol–water partition coefficient (Wildman–Crippen LogP) is 4.04. The van der Waals surface area contributed by atoms with Gasteiger partial charge in [0, 0.05) is 6.07 Å². The molecule has 0 aliphatic rings. The van der Waals surface area contributed by atoms with Gasteiger partial charge in [0.05, 0.1) is 17.6 Å². The van der Waals surface area contributed by atoms with Crippen LogP contribution < -0.4 is 10.1 Å². The molecule has 1 N–H and O–H groups in total. The molecule has 2 aromatic rings. The Labute approximate surface area is 124 Å². The maximum atomic E-state index is 13.3. The molecule has 0 radical (unpaired) electrons. The lowest BCUT2D eigenvalue weighted by Gasteiger charge is -2.18. The van der Waals surface area contributed by atoms with Gasteiger partial charge in [-0.05, 0) is 58.4 Å². The summed E-state index contributed by atoms with van der Waals surface area (Å²) >= 11 is 3.41. The third-order valence-corrected chi connectivity index (χ3v) is 3.64. The zero-order valence-corrected chi connectivity index (χ0v) is 12.7. The fraction of sp³-hybridized carbons (Fsp3) is 0.200. The SMILES string of the molecule is CNC(c1cc(F)cc(F)c1)c1ccc(OC)c(Br)c1. The molecule has 1 atom stereocenters. The predicted molar refractivity (Wildman–Crippen MR) is 78.0 cm³/mol. The number of benzene rings is 2. The Morgan fingerprint density at radius 3 is 2.20 bits per heavy atom. The highest BCUT2D eigenvalue weighted by Gasteiger charge is 2.15. The summed E-state index contributed by atoms with van der Waals surface area (Å²) in [4.78, 5) is 0. The van der Waals surface area contributed by atoms with Crippen LogP contribution in [0.2, 0.25) is 0 Å². The molecule has 2 aromatic carbocycles. The first-order valence-electron chi connectivity index (χ1n) is 6.02. The van der Waals surface area contributed by atoms with Crippen LogP contribution in [0.25, 0.3) is 0 Å². The minimum Gasteiger partial charge on any atom is -0.496 e. The summed E-state index contributed by atoms with van der Waals surface area (Å²) in [5, 5.41) is 3.06. The van der Waals surface area contributed by atoms with Gasteiger partial charge in [0.15, 0.2) is 0 Å². The second-order valence-electron chi connectivity index (χ2n) is 4.32. The first-order chi connectivity index (χ1) is 9.55. The van der Waals surface area contributed by atoms with E-state index in [0.29, 0.717) is 11.3 Å². The normalized spacial score (nSPS) is 12.2. The van der Waals surface area contributed by atoms with Crippen LogP contribution in [0.5, 0.6) is 5.75 Å². The lowest BCUT2D eigenvalue weighted by Crippen LogP contribution is -2.18. The largest absolute Gasteiger partial charge is 0.496 e. The summed E-state index contributed by atoms with van der Waals surface area (Å²) < 4.78 is 32.6. The minimum atomic E-state index is -0.590. The molecule has 5 heteroatoms. The fourth-order valence-electron chi connectivity index (χ4n) is 2.13. The summed E-state index contributed by atoms with van der Waals surface area (Å²) in [5.41, 5.74) is 1.41. The van der Waals surface area contributed by atoms with E-state index in [1.54, 1.807) is 20.2 Å². The van der Waals surface area contributed by atoms with Crippen LogP contribution in [0.15, 0.2) is 40.9 Å². The molecule has 1 unspecified atom stereocenters. The standard InChI is InChI=1S/C15H14BrF2NO/c1-19-15(10-5-11(17)8-12(18)6-10)9-3-4-14(20-2)13(16)7-9/h3-8,15,19H,1-2H3. The number of hydrogen-bond acceptors (Lipinski definition) is 2. The molecule has 20 heavy (non-hydrogen) atoms. The third kappa shape index (κ3) is 3.16. The van der Waals surface area contributed by atoms with Gasteiger partial charge < -0.3 is 10.1 Å². The number of halogens is 3. The van der Waals surface area contributed by atoms with Gasteiger partial charge >= 0.3 is 0 Å². The molecule has 0 aliphatic carbocycles. The number of hydrogen-bond donors (Lipinski definition) is 1. The highest BCUT2D eigenvalue weighted by molar-refractivity contribution is 9.10. The fourth-order valence-corrected chi connectivity index (χ4v) is 2.69. The zero-order valence-electron chi connectivity index (χ0n) is 11.1. The molecular formula is C15H14BrF2NO. The van der Waals surface area contributed by atoms with Crippen molar-refractivity contribution in [3.8, 4) is 5.75 Å². The molecule has 0 aromatic heterocycles. The van der Waals surface area contributed by atoms with Crippen LogP contribution in [0.1, 0.15) is 17.2 Å². The Bertz CT molecular complexity index is 599. The van der Waals surface area contributed by atoms with E-state index in [1.807, 2.05) is 12.1 Å². The molecule has 0 heterocycles. The summed E-state index contributed by atoms with van der Waals surface area (Å²) in [7, 11) is 3.32. The van der Waals surface area contributed by atoms with Gasteiger partial charge in [0.25, 0.3) is 0 Å². The Morgan fingerprint density at radius 1 is 1.05 bits per heavy atom. The molecule has 0 saturated heterocycles. The van der Waals surface area contributed by atoms with Crippen molar-refractivity contribution in [1.29, 1.82) is 0 Å². The molecule has 0 spiro atoms. The van der Waals surface area contributed by atoms with Gasteiger partial charge in [0.1, 0.15) is 17.4 Å². The summed E-state index contributed by atoms with van der Waals surface area (Å²) in [6.45, 7) is 0. The maximum absolute atomic E-state index is 13.3. The van der Waals surface area contributed by atoms with Gasteiger partial charge in [-0.3, -0.25) is 0 Å². The smallest absolute Gasteiger partial charge is 0.133 e. The Morgan fingerprint density at radius 2 is 1.70 bits per heavy atom. The molecular weight excluding hydrogens is 328 g/mol. The van der Waals surface area contributed by atoms with Gasteiger partial charge in [-0.2, -0.15) is 0 Å². The lowest BCUT2D eigenvalue weighted by atomic mass is 9.98. The van der Waals surface area contributed by atoms with E-state index < -0.39 is 11.6 Å². The van der Waals surface area contributed by atoms with Crippen molar-refractivity contribution < 1.29 is 13.5 Å². The molecule has 0 fully saturated rings. The molecule has 0 amide bonds. The van der Waals surface area contributed by atoms with E-state index >= 15 is 0 Å². The van der Waals surface area contributed by atoms with Crippen molar-refractivity contribution >= 4 is 15.9 Å². The topological polar surface area (TPSA) is 21.3 Å². The Balaban J connectivity index is 2.44. The van der Waals surface area contributed by atoms with E-state index in [-0.39, 0.29) is 6.04 Å². The number of ether oxygens (including phenoxy) is 1. The molecule has 106 valence electrons. The van der Waals surface area contributed by atoms with Crippen molar-refractivity contribution in [2.45, 2.75) is 6.04 Å². The third-order valence-electron chi connectivity index (χ3n) is 3.02. The minimum absolute atomic E-state index is 0.303. The first kappa shape index (κ1) is 14.9. The number of nitrogens with one attached hydrogen (secondary N) is 1. The van der Waals surface area contributed by atoms with Crippen molar-refractivity contribution in [1.82, 2.24) is 5.32 Å². The van der Waals surface area contributed by atoms with E-state index in [9.17, 15) is 8.78 Å². The van der Waals surface area contributed by atoms with Crippen molar-refractivity contribution in [2.75, 3.05) is 14.2 Å². The van der Waals surface area contributed by atoms with E-state index in [2.05, 4.69) is 21.2 Å². The van der Waals surface area contributed by atoms with Gasteiger partial charge in [-0.15, -0.1) is 0 Å². The zero-order chi connectivity index (χ0) is 14.7. The Hall–Kier alpha value is -1.46. The quantitative estimate of drug-likeness (QED) is 0.905. The molecule has 0 bridgehead atoms. The van der Waals surface area contributed by atoms with Crippen molar-refractivity contribution in [2.24, 2.45) is 0 Å². The molecule has 0 aliphatic heterocycles. The van der Waals surface area contributed by atoms with Crippen LogP contribution in [-0.4, -0.2) is 14.2 Å². The van der Waals surface area contributed by atoms with E-state index in [1.165, 1.54) is 12.1 Å². The van der Waals surface area contributed by atoms with Crippen LogP contribution in [0.3, 0.4) is 0 Å². The van der Waals surface area contributed by atoms with E-state index in [4.69, 9.17) is 4.74 Å². The van der Waals surface area contributed by atoms with Gasteiger partial charge in [-0.1, -0.05) is 6.07 Å². The van der Waals surface area contributed by atoms with Gasteiger partial charge in [-0.25, -0.2) is 8.78 Å². The number of rotatable bonds is 4. The Kier molecular flexibility index (Phi) is 4.73. The second-order valence-corrected chi connectivity index (χ2v) is 5.17. The second kappa shape index (κ2) is 6.33. The van der Waals surface area contributed by atoms with Gasteiger partial charge in [0.2, 0.25) is 0 Å². The maximum Gasteiger partial charge on any atom is 0.133 e. The average Bonchev–Trinajstić information content (AvgIpc) is 2.38. The van der Waals surface area contributed by atoms with Crippen molar-refractivity contribution in [3.63, 3.8) is 0 Å².